The van der Waals surface area contributed by atoms with Gasteiger partial charge in [0.05, 0.1) is 6.61 Å². The van der Waals surface area contributed by atoms with Crippen molar-refractivity contribution in [3.05, 3.63) is 29.8 Å². The highest BCUT2D eigenvalue weighted by molar-refractivity contribution is 5.80. The third-order valence-corrected chi connectivity index (χ3v) is 5.03. The Labute approximate surface area is 176 Å². The molecule has 0 saturated carbocycles. The number of carbonyl (C=O) groups excluding carboxylic acids is 1. The predicted molar refractivity (Wildman–Crippen MR) is 119 cm³/mol. The molecule has 2 N–H and O–H groups in total. The second-order valence-corrected chi connectivity index (χ2v) is 7.91. The molecule has 1 aliphatic rings. The maximum absolute atomic E-state index is 12.1. The molecule has 1 aromatic carbocycles. The van der Waals surface area contributed by atoms with Crippen LogP contribution in [0.25, 0.3) is 0 Å². The normalized spacial score (nSPS) is 15.5. The van der Waals surface area contributed by atoms with Gasteiger partial charge in [0.25, 0.3) is 0 Å². The van der Waals surface area contributed by atoms with E-state index in [4.69, 9.17) is 9.73 Å². The van der Waals surface area contributed by atoms with Crippen molar-refractivity contribution in [1.82, 2.24) is 15.5 Å². The molecular weight excluding hydrogens is 364 g/mol. The minimum Gasteiger partial charge on any atom is -0.494 e. The van der Waals surface area contributed by atoms with Crippen molar-refractivity contribution in [3.63, 3.8) is 0 Å². The van der Waals surface area contributed by atoms with E-state index in [0.717, 1.165) is 70.2 Å². The molecule has 2 rings (SSSR count). The van der Waals surface area contributed by atoms with Crippen molar-refractivity contribution in [2.24, 2.45) is 10.9 Å². The van der Waals surface area contributed by atoms with Crippen LogP contribution in [-0.2, 0) is 11.2 Å². The lowest BCUT2D eigenvalue weighted by Crippen LogP contribution is -2.50. The first kappa shape index (κ1) is 23.0. The van der Waals surface area contributed by atoms with Crippen molar-refractivity contribution < 1.29 is 9.53 Å². The highest BCUT2D eigenvalue weighted by Crippen LogP contribution is 2.15. The number of likely N-dealkylation sites (tertiary alicyclic amines) is 1. The van der Waals surface area contributed by atoms with E-state index in [9.17, 15) is 4.79 Å². The Balaban J connectivity index is 1.83. The Morgan fingerprint density at radius 2 is 2.03 bits per heavy atom. The number of ether oxygens (including phenoxy) is 1. The molecule has 1 heterocycles. The number of amides is 1. The van der Waals surface area contributed by atoms with E-state index in [1.807, 2.05) is 30.9 Å². The molecule has 1 aliphatic heterocycles. The molecule has 162 valence electrons. The third-order valence-electron chi connectivity index (χ3n) is 5.03. The molecule has 0 bridgehead atoms. The van der Waals surface area contributed by atoms with Gasteiger partial charge in [0, 0.05) is 38.1 Å². The fourth-order valence-corrected chi connectivity index (χ4v) is 3.43. The summed E-state index contributed by atoms with van der Waals surface area (Å²) in [7, 11) is 0. The van der Waals surface area contributed by atoms with Gasteiger partial charge in [-0.15, -0.1) is 0 Å². The van der Waals surface area contributed by atoms with Gasteiger partial charge in [0.1, 0.15) is 5.75 Å². The number of hydrogen-bond donors (Lipinski definition) is 2. The van der Waals surface area contributed by atoms with Gasteiger partial charge in [-0.05, 0) is 50.3 Å². The molecule has 0 unspecified atom stereocenters. The quantitative estimate of drug-likeness (QED) is 0.492. The van der Waals surface area contributed by atoms with E-state index in [-0.39, 0.29) is 11.8 Å². The van der Waals surface area contributed by atoms with E-state index in [1.165, 1.54) is 5.56 Å². The van der Waals surface area contributed by atoms with Crippen molar-refractivity contribution >= 4 is 11.9 Å². The largest absolute Gasteiger partial charge is 0.494 e. The van der Waals surface area contributed by atoms with Crippen molar-refractivity contribution in [3.8, 4) is 5.75 Å². The Morgan fingerprint density at radius 3 is 2.69 bits per heavy atom. The van der Waals surface area contributed by atoms with Crippen LogP contribution in [0, 0.1) is 5.92 Å². The molecule has 29 heavy (non-hydrogen) atoms. The number of benzene rings is 1. The molecule has 0 spiro atoms. The average Bonchev–Trinajstić information content (AvgIpc) is 2.72. The summed E-state index contributed by atoms with van der Waals surface area (Å²) in [5.74, 6) is 2.12. The topological polar surface area (TPSA) is 66.0 Å². The Kier molecular flexibility index (Phi) is 9.81. The summed E-state index contributed by atoms with van der Waals surface area (Å²) in [6.45, 7) is 12.1. The number of guanidine groups is 1. The van der Waals surface area contributed by atoms with Gasteiger partial charge in [-0.3, -0.25) is 9.79 Å². The number of carbonyl (C=O) groups is 1. The molecule has 6 nitrogen and oxygen atoms in total. The Bertz CT molecular complexity index is 652. The molecule has 6 heteroatoms. The lowest BCUT2D eigenvalue weighted by atomic mass is 10.0. The third kappa shape index (κ3) is 7.95. The molecule has 0 aliphatic carbocycles. The Morgan fingerprint density at radius 1 is 1.28 bits per heavy atom. The molecular formula is C23H38N4O2. The van der Waals surface area contributed by atoms with Crippen LogP contribution >= 0.6 is 0 Å². The summed E-state index contributed by atoms with van der Waals surface area (Å²) in [6, 6.07) is 8.63. The zero-order valence-electron chi connectivity index (χ0n) is 18.5. The molecule has 1 fully saturated rings. The molecule has 1 saturated heterocycles. The van der Waals surface area contributed by atoms with Gasteiger partial charge in [-0.2, -0.15) is 0 Å². The van der Waals surface area contributed by atoms with E-state index < -0.39 is 0 Å². The van der Waals surface area contributed by atoms with Crippen molar-refractivity contribution in [1.29, 1.82) is 0 Å². The maximum atomic E-state index is 12.1. The summed E-state index contributed by atoms with van der Waals surface area (Å²) in [4.78, 5) is 18.9. The molecule has 0 aromatic heterocycles. The zero-order chi connectivity index (χ0) is 21.1. The fourth-order valence-electron chi connectivity index (χ4n) is 3.43. The van der Waals surface area contributed by atoms with E-state index >= 15 is 0 Å². The van der Waals surface area contributed by atoms with E-state index in [2.05, 4.69) is 36.6 Å². The number of piperidine rings is 1. The van der Waals surface area contributed by atoms with Gasteiger partial charge in [0.15, 0.2) is 5.96 Å². The van der Waals surface area contributed by atoms with E-state index in [0.29, 0.717) is 6.04 Å². The summed E-state index contributed by atoms with van der Waals surface area (Å²) < 4.78 is 5.71. The first-order valence-corrected chi connectivity index (χ1v) is 11.1. The first-order valence-electron chi connectivity index (χ1n) is 11.1. The van der Waals surface area contributed by atoms with Crippen LogP contribution in [0.1, 0.15) is 52.5 Å². The minimum atomic E-state index is 0.0734. The van der Waals surface area contributed by atoms with Crippen LogP contribution in [0.15, 0.2) is 29.3 Å². The van der Waals surface area contributed by atoms with Crippen LogP contribution in [0.4, 0.5) is 0 Å². The lowest BCUT2D eigenvalue weighted by Gasteiger charge is -2.34. The van der Waals surface area contributed by atoms with Crippen LogP contribution in [-0.4, -0.2) is 55.6 Å². The lowest BCUT2D eigenvalue weighted by molar-refractivity contribution is -0.135. The second-order valence-electron chi connectivity index (χ2n) is 7.91. The van der Waals surface area contributed by atoms with Gasteiger partial charge < -0.3 is 20.3 Å². The first-order chi connectivity index (χ1) is 14.0. The molecule has 0 atom stereocenters. The summed E-state index contributed by atoms with van der Waals surface area (Å²) in [5.41, 5.74) is 1.23. The fraction of sp³-hybridized carbons (Fsp3) is 0.652. The van der Waals surface area contributed by atoms with Crippen LogP contribution < -0.4 is 15.4 Å². The highest BCUT2D eigenvalue weighted by Gasteiger charge is 2.24. The highest BCUT2D eigenvalue weighted by atomic mass is 16.5. The van der Waals surface area contributed by atoms with Gasteiger partial charge >= 0.3 is 0 Å². The van der Waals surface area contributed by atoms with Crippen molar-refractivity contribution in [2.75, 3.05) is 32.8 Å². The minimum absolute atomic E-state index is 0.0734. The smallest absolute Gasteiger partial charge is 0.225 e. The summed E-state index contributed by atoms with van der Waals surface area (Å²) >= 11 is 0. The van der Waals surface area contributed by atoms with Crippen LogP contribution in [0.2, 0.25) is 0 Å². The monoisotopic (exact) mass is 402 g/mol. The standard InChI is InChI=1S/C23H38N4O2/c1-5-16-29-21-9-7-8-19(17-21)10-13-25-23(24-6-2)26-20-11-14-27(15-12-20)22(28)18(3)4/h7-9,17-18,20H,5-6,10-16H2,1-4H3,(H2,24,25,26). The number of aliphatic imine (C=N–C) groups is 1. The van der Waals surface area contributed by atoms with Crippen LogP contribution in [0.5, 0.6) is 5.75 Å². The summed E-state index contributed by atoms with van der Waals surface area (Å²) in [5, 5.41) is 6.89. The second kappa shape index (κ2) is 12.3. The van der Waals surface area contributed by atoms with Gasteiger partial charge in [-0.25, -0.2) is 0 Å². The van der Waals surface area contributed by atoms with E-state index in [1.54, 1.807) is 0 Å². The van der Waals surface area contributed by atoms with Gasteiger partial charge in [0.2, 0.25) is 5.91 Å². The predicted octanol–water partition coefficient (Wildman–Crippen LogP) is 3.22. The number of rotatable bonds is 9. The molecule has 1 amide bonds. The number of hydrogen-bond acceptors (Lipinski definition) is 3. The van der Waals surface area contributed by atoms with Crippen molar-refractivity contribution in [2.45, 2.75) is 59.4 Å². The maximum Gasteiger partial charge on any atom is 0.225 e. The summed E-state index contributed by atoms with van der Waals surface area (Å²) in [6.07, 6.45) is 3.80. The SMILES string of the molecule is CCCOc1cccc(CCN=C(NCC)NC2CCN(C(=O)C(C)C)CC2)c1. The Hall–Kier alpha value is -2.24. The number of nitrogens with one attached hydrogen (secondary N) is 2. The van der Waals surface area contributed by atoms with Gasteiger partial charge in [-0.1, -0.05) is 32.9 Å². The number of nitrogens with zero attached hydrogens (tertiary/aromatic N) is 2. The molecule has 1 aromatic rings. The van der Waals surface area contributed by atoms with Crippen LogP contribution in [0.3, 0.4) is 0 Å². The average molecular weight is 403 g/mol. The zero-order valence-corrected chi connectivity index (χ0v) is 18.5. The molecule has 0 radical (unpaired) electrons.